The molecule has 0 atom stereocenters. The lowest BCUT2D eigenvalue weighted by molar-refractivity contribution is 0.356. The van der Waals surface area contributed by atoms with Crippen LogP contribution in [0.2, 0.25) is 0 Å². The summed E-state index contributed by atoms with van der Waals surface area (Å²) in [5.41, 5.74) is 0.659. The molecule has 0 aliphatic heterocycles. The molecule has 2 aromatic carbocycles. The van der Waals surface area contributed by atoms with Crippen molar-refractivity contribution in [1.82, 2.24) is 0 Å². The highest BCUT2D eigenvalue weighted by atomic mass is 16.4. The SMILES string of the molecule is O=c1c(O)c(-c2cc(O)c(O)cc2O)oc2cc(CC3CCCCC3)ccc12. The zero-order chi connectivity index (χ0) is 19.8. The first-order chi connectivity index (χ1) is 13.4. The Morgan fingerprint density at radius 3 is 2.36 bits per heavy atom. The summed E-state index contributed by atoms with van der Waals surface area (Å²) in [5.74, 6) is -1.73. The summed E-state index contributed by atoms with van der Waals surface area (Å²) in [7, 11) is 0. The average molecular weight is 382 g/mol. The molecule has 146 valence electrons. The lowest BCUT2D eigenvalue weighted by Crippen LogP contribution is -2.09. The van der Waals surface area contributed by atoms with E-state index in [0.29, 0.717) is 11.5 Å². The number of phenols is 3. The van der Waals surface area contributed by atoms with Crippen molar-refractivity contribution in [1.29, 1.82) is 0 Å². The standard InChI is InChI=1S/C22H22O6/c23-16-11-18(25)17(24)10-15(16)22-21(27)20(26)14-7-6-13(9-19(14)28-22)8-12-4-2-1-3-5-12/h6-7,9-12,23-25,27H,1-5,8H2. The number of rotatable bonds is 3. The van der Waals surface area contributed by atoms with Crippen LogP contribution in [0.1, 0.15) is 37.7 Å². The molecule has 1 saturated carbocycles. The van der Waals surface area contributed by atoms with Crippen molar-refractivity contribution in [2.45, 2.75) is 38.5 Å². The van der Waals surface area contributed by atoms with Gasteiger partial charge in [0.2, 0.25) is 11.2 Å². The third-order valence-corrected chi connectivity index (χ3v) is 5.52. The third kappa shape index (κ3) is 3.26. The molecule has 3 aromatic rings. The molecule has 6 nitrogen and oxygen atoms in total. The maximum atomic E-state index is 12.6. The summed E-state index contributed by atoms with van der Waals surface area (Å²) >= 11 is 0. The van der Waals surface area contributed by atoms with Crippen LogP contribution in [0.15, 0.2) is 39.5 Å². The van der Waals surface area contributed by atoms with E-state index in [1.54, 1.807) is 12.1 Å². The Hall–Kier alpha value is -3.15. The molecule has 0 unspecified atom stereocenters. The first-order valence-corrected chi connectivity index (χ1v) is 9.48. The van der Waals surface area contributed by atoms with E-state index in [-0.39, 0.29) is 16.7 Å². The predicted molar refractivity (Wildman–Crippen MR) is 105 cm³/mol. The van der Waals surface area contributed by atoms with E-state index in [9.17, 15) is 25.2 Å². The fourth-order valence-electron chi connectivity index (χ4n) is 4.01. The van der Waals surface area contributed by atoms with Crippen molar-refractivity contribution in [3.63, 3.8) is 0 Å². The number of hydrogen-bond acceptors (Lipinski definition) is 6. The fourth-order valence-corrected chi connectivity index (χ4v) is 4.01. The van der Waals surface area contributed by atoms with Crippen LogP contribution < -0.4 is 5.43 Å². The minimum atomic E-state index is -0.659. The van der Waals surface area contributed by atoms with Gasteiger partial charge in [0.15, 0.2) is 17.3 Å². The monoisotopic (exact) mass is 382 g/mol. The Labute approximate surface area is 161 Å². The highest BCUT2D eigenvalue weighted by molar-refractivity contribution is 5.84. The number of fused-ring (bicyclic) bond motifs is 1. The van der Waals surface area contributed by atoms with E-state index < -0.39 is 28.4 Å². The minimum absolute atomic E-state index is 0.0792. The van der Waals surface area contributed by atoms with Crippen molar-refractivity contribution in [3.8, 4) is 34.3 Å². The van der Waals surface area contributed by atoms with Gasteiger partial charge < -0.3 is 24.8 Å². The molecule has 0 spiro atoms. The van der Waals surface area contributed by atoms with Gasteiger partial charge in [-0.25, -0.2) is 0 Å². The molecule has 0 radical (unpaired) electrons. The molecule has 28 heavy (non-hydrogen) atoms. The topological polar surface area (TPSA) is 111 Å². The van der Waals surface area contributed by atoms with Crippen molar-refractivity contribution in [2.24, 2.45) is 5.92 Å². The van der Waals surface area contributed by atoms with Crippen LogP contribution in [-0.4, -0.2) is 20.4 Å². The van der Waals surface area contributed by atoms with Crippen LogP contribution in [0.25, 0.3) is 22.3 Å². The van der Waals surface area contributed by atoms with Crippen molar-refractivity contribution >= 4 is 11.0 Å². The maximum absolute atomic E-state index is 12.6. The van der Waals surface area contributed by atoms with Crippen LogP contribution >= 0.6 is 0 Å². The maximum Gasteiger partial charge on any atom is 0.235 e. The van der Waals surface area contributed by atoms with E-state index >= 15 is 0 Å². The summed E-state index contributed by atoms with van der Waals surface area (Å²) in [6, 6.07) is 7.30. The van der Waals surface area contributed by atoms with Gasteiger partial charge in [0.05, 0.1) is 10.9 Å². The minimum Gasteiger partial charge on any atom is -0.507 e. The molecule has 1 fully saturated rings. The largest absolute Gasteiger partial charge is 0.507 e. The second kappa shape index (κ2) is 7.11. The van der Waals surface area contributed by atoms with Gasteiger partial charge in [-0.15, -0.1) is 0 Å². The molecule has 6 heteroatoms. The van der Waals surface area contributed by atoms with Crippen molar-refractivity contribution in [3.05, 3.63) is 46.1 Å². The van der Waals surface area contributed by atoms with E-state index in [4.69, 9.17) is 4.42 Å². The van der Waals surface area contributed by atoms with Crippen LogP contribution in [0.4, 0.5) is 0 Å². The van der Waals surface area contributed by atoms with E-state index in [1.807, 2.05) is 6.07 Å². The molecular weight excluding hydrogens is 360 g/mol. The van der Waals surface area contributed by atoms with Crippen LogP contribution in [0.3, 0.4) is 0 Å². The normalized spacial score (nSPS) is 15.1. The molecule has 1 aliphatic carbocycles. The quantitative estimate of drug-likeness (QED) is 0.394. The second-order valence-corrected chi connectivity index (χ2v) is 7.51. The molecule has 0 bridgehead atoms. The smallest absolute Gasteiger partial charge is 0.235 e. The summed E-state index contributed by atoms with van der Waals surface area (Å²) in [6.45, 7) is 0. The van der Waals surface area contributed by atoms with Gasteiger partial charge in [0, 0.05) is 6.07 Å². The molecule has 1 aliphatic rings. The van der Waals surface area contributed by atoms with E-state index in [0.717, 1.165) is 24.1 Å². The van der Waals surface area contributed by atoms with Gasteiger partial charge in [0.25, 0.3) is 0 Å². The molecule has 0 amide bonds. The summed E-state index contributed by atoms with van der Waals surface area (Å²) in [6.07, 6.45) is 7.08. The third-order valence-electron chi connectivity index (χ3n) is 5.52. The van der Waals surface area contributed by atoms with E-state index in [2.05, 4.69) is 0 Å². The predicted octanol–water partition coefficient (Wildman–Crippen LogP) is 4.41. The Bertz CT molecular complexity index is 1090. The van der Waals surface area contributed by atoms with Gasteiger partial charge >= 0.3 is 0 Å². The number of aromatic hydroxyl groups is 4. The molecular formula is C22H22O6. The van der Waals surface area contributed by atoms with Crippen LogP contribution in [-0.2, 0) is 6.42 Å². The Morgan fingerprint density at radius 1 is 0.893 bits per heavy atom. The fraction of sp³-hybridized carbons (Fsp3) is 0.318. The van der Waals surface area contributed by atoms with Crippen molar-refractivity contribution in [2.75, 3.05) is 0 Å². The highest BCUT2D eigenvalue weighted by Gasteiger charge is 2.21. The van der Waals surface area contributed by atoms with Gasteiger partial charge in [-0.2, -0.15) is 0 Å². The number of hydrogen-bond donors (Lipinski definition) is 4. The van der Waals surface area contributed by atoms with E-state index in [1.165, 1.54) is 32.1 Å². The van der Waals surface area contributed by atoms with Crippen LogP contribution in [0.5, 0.6) is 23.0 Å². The zero-order valence-electron chi connectivity index (χ0n) is 15.3. The first kappa shape index (κ1) is 18.2. The summed E-state index contributed by atoms with van der Waals surface area (Å²) in [4.78, 5) is 12.6. The highest BCUT2D eigenvalue weighted by Crippen LogP contribution is 2.41. The van der Waals surface area contributed by atoms with Gasteiger partial charge in [-0.05, 0) is 36.1 Å². The average Bonchev–Trinajstić information content (AvgIpc) is 2.68. The van der Waals surface area contributed by atoms with Gasteiger partial charge in [-0.3, -0.25) is 4.79 Å². The lowest BCUT2D eigenvalue weighted by Gasteiger charge is -2.21. The first-order valence-electron chi connectivity index (χ1n) is 9.48. The molecule has 1 aromatic heterocycles. The zero-order valence-corrected chi connectivity index (χ0v) is 15.3. The Kier molecular flexibility index (Phi) is 4.63. The second-order valence-electron chi connectivity index (χ2n) is 7.51. The molecule has 4 N–H and O–H groups in total. The summed E-state index contributed by atoms with van der Waals surface area (Å²) in [5, 5.41) is 39.8. The number of phenolic OH excluding ortho intramolecular Hbond substituents is 3. The van der Waals surface area contributed by atoms with Gasteiger partial charge in [-0.1, -0.05) is 38.2 Å². The molecule has 4 rings (SSSR count). The summed E-state index contributed by atoms with van der Waals surface area (Å²) < 4.78 is 5.76. The molecule has 0 saturated heterocycles. The Morgan fingerprint density at radius 2 is 1.61 bits per heavy atom. The van der Waals surface area contributed by atoms with Crippen LogP contribution in [0, 0.1) is 5.92 Å². The van der Waals surface area contributed by atoms with Crippen molar-refractivity contribution < 1.29 is 24.8 Å². The Balaban J connectivity index is 1.80. The van der Waals surface area contributed by atoms with Gasteiger partial charge in [0.1, 0.15) is 11.3 Å². The lowest BCUT2D eigenvalue weighted by atomic mass is 9.85. The number of benzene rings is 2. The molecule has 1 heterocycles.